The smallest absolute Gasteiger partial charge is 0.326 e. The highest BCUT2D eigenvalue weighted by Crippen LogP contribution is 2.02. The first-order valence-corrected chi connectivity index (χ1v) is 6.99. The molecular formula is C13H19N5O6. The SMILES string of the molecule is CC(N)C(=O)NC(Cc1cnc[nH]1)C(=O)NC(CC(=O)O)C(=O)O. The summed E-state index contributed by atoms with van der Waals surface area (Å²) in [7, 11) is 0. The van der Waals surface area contributed by atoms with Crippen LogP contribution in [0, 0.1) is 0 Å². The summed E-state index contributed by atoms with van der Waals surface area (Å²) in [5.74, 6) is -4.33. The van der Waals surface area contributed by atoms with Crippen molar-refractivity contribution in [1.29, 1.82) is 0 Å². The van der Waals surface area contributed by atoms with Crippen molar-refractivity contribution in [1.82, 2.24) is 20.6 Å². The van der Waals surface area contributed by atoms with E-state index in [1.165, 1.54) is 19.4 Å². The molecule has 1 heterocycles. The third-order valence-electron chi connectivity index (χ3n) is 3.02. The van der Waals surface area contributed by atoms with Gasteiger partial charge in [-0.15, -0.1) is 0 Å². The number of imidazole rings is 1. The highest BCUT2D eigenvalue weighted by molar-refractivity contribution is 5.92. The van der Waals surface area contributed by atoms with Crippen LogP contribution < -0.4 is 16.4 Å². The summed E-state index contributed by atoms with van der Waals surface area (Å²) in [6.07, 6.45) is 2.02. The minimum absolute atomic E-state index is 0.00367. The van der Waals surface area contributed by atoms with Crippen molar-refractivity contribution in [2.24, 2.45) is 5.73 Å². The molecule has 0 aliphatic heterocycles. The van der Waals surface area contributed by atoms with Gasteiger partial charge in [-0.2, -0.15) is 0 Å². The summed E-state index contributed by atoms with van der Waals surface area (Å²) in [6.45, 7) is 1.42. The Balaban J connectivity index is 2.86. The lowest BCUT2D eigenvalue weighted by atomic mass is 10.1. The molecule has 11 heteroatoms. The van der Waals surface area contributed by atoms with Crippen molar-refractivity contribution in [3.63, 3.8) is 0 Å². The minimum Gasteiger partial charge on any atom is -0.481 e. The van der Waals surface area contributed by atoms with Crippen LogP contribution in [0.2, 0.25) is 0 Å². The summed E-state index contributed by atoms with van der Waals surface area (Å²) in [5.41, 5.74) is 5.96. The standard InChI is InChI=1S/C13H19N5O6/c1-6(14)11(21)17-8(2-7-4-15-5-16-7)12(22)18-9(13(23)24)3-10(19)20/h4-6,8-9H,2-3,14H2,1H3,(H,15,16)(H,17,21)(H,18,22)(H,19,20)(H,23,24). The van der Waals surface area contributed by atoms with Crippen molar-refractivity contribution in [3.05, 3.63) is 18.2 Å². The predicted octanol–water partition coefficient (Wildman–Crippen LogP) is -2.17. The Morgan fingerprint density at radius 3 is 2.29 bits per heavy atom. The van der Waals surface area contributed by atoms with Gasteiger partial charge in [0, 0.05) is 18.3 Å². The van der Waals surface area contributed by atoms with Gasteiger partial charge in [-0.25, -0.2) is 9.78 Å². The fraction of sp³-hybridized carbons (Fsp3) is 0.462. The quantitative estimate of drug-likeness (QED) is 0.292. The van der Waals surface area contributed by atoms with Crippen LogP contribution in [0.25, 0.3) is 0 Å². The van der Waals surface area contributed by atoms with Crippen molar-refractivity contribution in [2.75, 3.05) is 0 Å². The summed E-state index contributed by atoms with van der Waals surface area (Å²) in [5, 5.41) is 22.2. The molecule has 3 atom stereocenters. The fourth-order valence-corrected chi connectivity index (χ4v) is 1.78. The Kier molecular flexibility index (Phi) is 6.86. The Hall–Kier alpha value is -2.95. The van der Waals surface area contributed by atoms with Crippen LogP contribution in [0.5, 0.6) is 0 Å². The number of carbonyl (C=O) groups excluding carboxylic acids is 2. The lowest BCUT2D eigenvalue weighted by Crippen LogP contribution is -2.55. The summed E-state index contributed by atoms with van der Waals surface area (Å²) in [6, 6.07) is -3.64. The molecule has 1 aromatic rings. The Labute approximate surface area is 136 Å². The number of carboxylic acid groups (broad SMARTS) is 2. The fourth-order valence-electron chi connectivity index (χ4n) is 1.78. The van der Waals surface area contributed by atoms with Crippen LogP contribution in [-0.4, -0.2) is 62.1 Å². The molecule has 0 spiro atoms. The van der Waals surface area contributed by atoms with E-state index in [2.05, 4.69) is 20.6 Å². The molecule has 0 saturated heterocycles. The van der Waals surface area contributed by atoms with E-state index in [1.54, 1.807) is 0 Å². The average molecular weight is 341 g/mol. The Morgan fingerprint density at radius 1 is 1.21 bits per heavy atom. The molecule has 0 saturated carbocycles. The molecule has 7 N–H and O–H groups in total. The zero-order valence-corrected chi connectivity index (χ0v) is 12.9. The zero-order valence-electron chi connectivity index (χ0n) is 12.9. The second-order valence-corrected chi connectivity index (χ2v) is 5.13. The molecule has 11 nitrogen and oxygen atoms in total. The normalized spacial score (nSPS) is 14.2. The van der Waals surface area contributed by atoms with E-state index >= 15 is 0 Å². The molecule has 0 fully saturated rings. The molecule has 132 valence electrons. The number of aromatic nitrogens is 2. The molecule has 2 amide bonds. The number of nitrogens with zero attached hydrogens (tertiary/aromatic N) is 1. The molecule has 0 radical (unpaired) electrons. The molecule has 0 aliphatic carbocycles. The van der Waals surface area contributed by atoms with Crippen molar-refractivity contribution in [3.8, 4) is 0 Å². The summed E-state index contributed by atoms with van der Waals surface area (Å²) < 4.78 is 0. The van der Waals surface area contributed by atoms with Gasteiger partial charge in [0.05, 0.1) is 18.8 Å². The molecular weight excluding hydrogens is 322 g/mol. The third kappa shape index (κ3) is 6.04. The van der Waals surface area contributed by atoms with E-state index in [1.807, 2.05) is 0 Å². The third-order valence-corrected chi connectivity index (χ3v) is 3.02. The van der Waals surface area contributed by atoms with Crippen LogP contribution in [0.1, 0.15) is 19.0 Å². The number of amides is 2. The molecule has 3 unspecified atom stereocenters. The minimum atomic E-state index is -1.62. The highest BCUT2D eigenvalue weighted by atomic mass is 16.4. The van der Waals surface area contributed by atoms with Gasteiger partial charge in [-0.1, -0.05) is 0 Å². The number of hydrogen-bond acceptors (Lipinski definition) is 6. The molecule has 0 aromatic carbocycles. The van der Waals surface area contributed by atoms with Crippen molar-refractivity contribution < 1.29 is 29.4 Å². The van der Waals surface area contributed by atoms with Crippen molar-refractivity contribution in [2.45, 2.75) is 37.9 Å². The highest BCUT2D eigenvalue weighted by Gasteiger charge is 2.29. The van der Waals surface area contributed by atoms with Crippen LogP contribution in [-0.2, 0) is 25.6 Å². The van der Waals surface area contributed by atoms with E-state index < -0.39 is 48.3 Å². The largest absolute Gasteiger partial charge is 0.481 e. The summed E-state index contributed by atoms with van der Waals surface area (Å²) >= 11 is 0. The first-order chi connectivity index (χ1) is 11.2. The average Bonchev–Trinajstić information content (AvgIpc) is 2.97. The number of H-pyrrole nitrogens is 1. The number of nitrogens with one attached hydrogen (secondary N) is 3. The maximum absolute atomic E-state index is 12.3. The van der Waals surface area contributed by atoms with Gasteiger partial charge in [-0.3, -0.25) is 14.4 Å². The second kappa shape index (κ2) is 8.62. The van der Waals surface area contributed by atoms with Crippen LogP contribution in [0.15, 0.2) is 12.5 Å². The Morgan fingerprint density at radius 2 is 1.83 bits per heavy atom. The van der Waals surface area contributed by atoms with Gasteiger partial charge in [0.1, 0.15) is 12.1 Å². The number of carboxylic acids is 2. The summed E-state index contributed by atoms with van der Waals surface area (Å²) in [4.78, 5) is 52.2. The first kappa shape index (κ1) is 19.1. The monoisotopic (exact) mass is 341 g/mol. The maximum Gasteiger partial charge on any atom is 0.326 e. The first-order valence-electron chi connectivity index (χ1n) is 6.99. The van der Waals surface area contributed by atoms with Crippen LogP contribution in [0.3, 0.4) is 0 Å². The van der Waals surface area contributed by atoms with Gasteiger partial charge in [0.2, 0.25) is 11.8 Å². The lowest BCUT2D eigenvalue weighted by Gasteiger charge is -2.21. The molecule has 0 bridgehead atoms. The van der Waals surface area contributed by atoms with Crippen LogP contribution >= 0.6 is 0 Å². The molecule has 0 aliphatic rings. The molecule has 24 heavy (non-hydrogen) atoms. The van der Waals surface area contributed by atoms with Crippen molar-refractivity contribution >= 4 is 23.8 Å². The van der Waals surface area contributed by atoms with E-state index in [-0.39, 0.29) is 6.42 Å². The maximum atomic E-state index is 12.3. The van der Waals surface area contributed by atoms with Gasteiger partial charge >= 0.3 is 11.9 Å². The van der Waals surface area contributed by atoms with E-state index in [0.29, 0.717) is 5.69 Å². The van der Waals surface area contributed by atoms with Gasteiger partial charge in [0.15, 0.2) is 0 Å². The predicted molar refractivity (Wildman–Crippen MR) is 79.7 cm³/mol. The van der Waals surface area contributed by atoms with Gasteiger partial charge in [-0.05, 0) is 6.92 Å². The topological polar surface area (TPSA) is 187 Å². The van der Waals surface area contributed by atoms with E-state index in [0.717, 1.165) is 0 Å². The number of aliphatic carboxylic acids is 2. The lowest BCUT2D eigenvalue weighted by molar-refractivity contribution is -0.147. The Bertz CT molecular complexity index is 600. The van der Waals surface area contributed by atoms with Gasteiger partial charge in [0.25, 0.3) is 0 Å². The number of aromatic amines is 1. The number of carbonyl (C=O) groups is 4. The van der Waals surface area contributed by atoms with Gasteiger partial charge < -0.3 is 31.6 Å². The number of nitrogens with two attached hydrogens (primary N) is 1. The number of rotatable bonds is 9. The molecule has 1 rings (SSSR count). The van der Waals surface area contributed by atoms with E-state index in [4.69, 9.17) is 15.9 Å². The zero-order chi connectivity index (χ0) is 18.3. The van der Waals surface area contributed by atoms with E-state index in [9.17, 15) is 19.2 Å². The molecule has 1 aromatic heterocycles. The van der Waals surface area contributed by atoms with Crippen LogP contribution in [0.4, 0.5) is 0 Å². The number of hydrogen-bond donors (Lipinski definition) is 6. The second-order valence-electron chi connectivity index (χ2n) is 5.13.